The predicted molar refractivity (Wildman–Crippen MR) is 152 cm³/mol. The second kappa shape index (κ2) is 9.80. The molecular weight excluding hydrogens is 508 g/mol. The Labute approximate surface area is 230 Å². The Kier molecular flexibility index (Phi) is 5.96. The molecule has 2 N–H and O–H groups in total. The van der Waals surface area contributed by atoms with E-state index in [2.05, 4.69) is 31.6 Å². The standard InChI is InChI=1S/C30H28N6O4/c1-35-15-18(27-24(9-11-32-29(27)35)36-21-5-2-6-22(36)17-39-16-21)12-26-28(37)23-13-19(7-8-25(23)40-26)33-30(38)34-20-4-3-10-31-14-20/h3-4,7-15,21-22H,2,5-6,16-17H2,1H3,(H2,33,34,38). The van der Waals surface area contributed by atoms with Crippen molar-refractivity contribution in [2.24, 2.45) is 7.05 Å². The van der Waals surface area contributed by atoms with Crippen LogP contribution in [0, 0.1) is 0 Å². The molecule has 202 valence electrons. The van der Waals surface area contributed by atoms with Gasteiger partial charge in [0.25, 0.3) is 0 Å². The van der Waals surface area contributed by atoms with Gasteiger partial charge in [-0.3, -0.25) is 9.78 Å². The number of amides is 2. The number of pyridine rings is 2. The number of carbonyl (C=O) groups excluding carboxylic acids is 2. The normalized spacial score (nSPS) is 20.9. The number of piperidine rings is 1. The third-order valence-corrected chi connectivity index (χ3v) is 7.76. The van der Waals surface area contributed by atoms with E-state index >= 15 is 0 Å². The minimum atomic E-state index is -0.432. The first-order valence-electron chi connectivity index (χ1n) is 13.4. The van der Waals surface area contributed by atoms with E-state index in [4.69, 9.17) is 9.47 Å². The number of fused-ring (bicyclic) bond motifs is 4. The molecule has 1 aromatic carbocycles. The van der Waals surface area contributed by atoms with Gasteiger partial charge in [-0.15, -0.1) is 0 Å². The van der Waals surface area contributed by atoms with Crippen molar-refractivity contribution in [1.29, 1.82) is 0 Å². The lowest BCUT2D eigenvalue weighted by atomic mass is 9.93. The third kappa shape index (κ3) is 4.26. The number of rotatable bonds is 4. The minimum Gasteiger partial charge on any atom is -0.452 e. The topological polar surface area (TPSA) is 111 Å². The van der Waals surface area contributed by atoms with Gasteiger partial charge in [0.15, 0.2) is 5.76 Å². The van der Waals surface area contributed by atoms with E-state index in [0.717, 1.165) is 48.3 Å². The molecule has 2 atom stereocenters. The van der Waals surface area contributed by atoms with Crippen LogP contribution in [-0.4, -0.2) is 51.6 Å². The van der Waals surface area contributed by atoms with Crippen LogP contribution in [0.4, 0.5) is 21.9 Å². The molecule has 0 aliphatic carbocycles. The van der Waals surface area contributed by atoms with Gasteiger partial charge in [0.05, 0.1) is 48.4 Å². The van der Waals surface area contributed by atoms with Crippen LogP contribution < -0.4 is 20.3 Å². The molecule has 3 aliphatic heterocycles. The molecule has 7 rings (SSSR count). The number of nitrogens with one attached hydrogen (secondary N) is 2. The molecule has 2 fully saturated rings. The summed E-state index contributed by atoms with van der Waals surface area (Å²) in [7, 11) is 1.96. The fourth-order valence-electron chi connectivity index (χ4n) is 6.01. The first-order chi connectivity index (χ1) is 19.5. The molecule has 6 heterocycles. The number of benzene rings is 1. The first-order valence-corrected chi connectivity index (χ1v) is 13.4. The second-order valence-electron chi connectivity index (χ2n) is 10.4. The highest BCUT2D eigenvalue weighted by atomic mass is 16.5. The van der Waals surface area contributed by atoms with Crippen LogP contribution in [0.5, 0.6) is 5.75 Å². The number of anilines is 3. The highest BCUT2D eigenvalue weighted by Gasteiger charge is 2.36. The van der Waals surface area contributed by atoms with Gasteiger partial charge >= 0.3 is 6.03 Å². The van der Waals surface area contributed by atoms with Crippen LogP contribution in [-0.2, 0) is 11.8 Å². The summed E-state index contributed by atoms with van der Waals surface area (Å²) in [6, 6.07) is 10.8. The maximum Gasteiger partial charge on any atom is 0.323 e. The molecule has 2 unspecified atom stereocenters. The summed E-state index contributed by atoms with van der Waals surface area (Å²) in [5.74, 6) is 0.448. The van der Waals surface area contributed by atoms with E-state index in [1.807, 2.05) is 24.0 Å². The number of hydrogen-bond donors (Lipinski definition) is 2. The Morgan fingerprint density at radius 1 is 1.07 bits per heavy atom. The van der Waals surface area contributed by atoms with Crippen molar-refractivity contribution in [3.63, 3.8) is 0 Å². The Hall–Kier alpha value is -4.70. The van der Waals surface area contributed by atoms with Crippen LogP contribution in [0.2, 0.25) is 0 Å². The molecule has 0 saturated carbocycles. The molecule has 10 nitrogen and oxygen atoms in total. The van der Waals surface area contributed by atoms with Crippen LogP contribution in [0.15, 0.2) is 66.9 Å². The molecule has 2 bridgehead atoms. The number of aryl methyl sites for hydroxylation is 1. The van der Waals surface area contributed by atoms with E-state index < -0.39 is 6.03 Å². The number of aromatic nitrogens is 3. The van der Waals surface area contributed by atoms with Gasteiger partial charge in [-0.25, -0.2) is 9.78 Å². The molecule has 0 radical (unpaired) electrons. The summed E-state index contributed by atoms with van der Waals surface area (Å²) in [4.78, 5) is 37.0. The zero-order valence-corrected chi connectivity index (χ0v) is 22.0. The molecule has 3 aliphatic rings. The maximum atomic E-state index is 13.4. The van der Waals surface area contributed by atoms with Crippen LogP contribution in [0.3, 0.4) is 0 Å². The second-order valence-corrected chi connectivity index (χ2v) is 10.4. The van der Waals surface area contributed by atoms with Gasteiger partial charge in [0.1, 0.15) is 11.4 Å². The predicted octanol–water partition coefficient (Wildman–Crippen LogP) is 4.99. The fraction of sp³-hybridized carbons (Fsp3) is 0.267. The number of ether oxygens (including phenoxy) is 2. The lowest BCUT2D eigenvalue weighted by molar-refractivity contribution is 0.0465. The van der Waals surface area contributed by atoms with Crippen molar-refractivity contribution in [3.05, 3.63) is 78.1 Å². The summed E-state index contributed by atoms with van der Waals surface area (Å²) in [6.45, 7) is 1.44. The van der Waals surface area contributed by atoms with E-state index in [0.29, 0.717) is 34.8 Å². The highest BCUT2D eigenvalue weighted by molar-refractivity contribution is 6.16. The Bertz CT molecular complexity index is 1640. The third-order valence-electron chi connectivity index (χ3n) is 7.76. The molecular formula is C30H28N6O4. The van der Waals surface area contributed by atoms with Crippen molar-refractivity contribution in [2.75, 3.05) is 28.7 Å². The lowest BCUT2D eigenvalue weighted by Crippen LogP contribution is -2.55. The number of hydrogen-bond acceptors (Lipinski definition) is 7. The summed E-state index contributed by atoms with van der Waals surface area (Å²) in [6.07, 6.45) is 12.2. The summed E-state index contributed by atoms with van der Waals surface area (Å²) >= 11 is 0. The van der Waals surface area contributed by atoms with Crippen molar-refractivity contribution < 1.29 is 19.1 Å². The zero-order chi connectivity index (χ0) is 27.2. The van der Waals surface area contributed by atoms with Crippen molar-refractivity contribution in [3.8, 4) is 5.75 Å². The quantitative estimate of drug-likeness (QED) is 0.354. The van der Waals surface area contributed by atoms with Crippen molar-refractivity contribution in [2.45, 2.75) is 31.3 Å². The SMILES string of the molecule is Cn1cc(C=C2Oc3ccc(NC(=O)Nc4cccnc4)cc3C2=O)c2c(N3C4CCCC3COC4)ccnc21. The van der Waals surface area contributed by atoms with Crippen molar-refractivity contribution in [1.82, 2.24) is 14.5 Å². The summed E-state index contributed by atoms with van der Waals surface area (Å²) in [5.41, 5.74) is 4.28. The van der Waals surface area contributed by atoms with Gasteiger partial charge in [-0.05, 0) is 61.7 Å². The molecule has 4 aromatic rings. The van der Waals surface area contributed by atoms with Gasteiger partial charge < -0.3 is 29.6 Å². The number of ketones is 1. The molecule has 10 heteroatoms. The van der Waals surface area contributed by atoms with Gasteiger partial charge in [0, 0.05) is 42.3 Å². The number of morpholine rings is 1. The number of Topliss-reactive ketones (excluding diaryl/α,β-unsaturated/α-hetero) is 1. The monoisotopic (exact) mass is 536 g/mol. The van der Waals surface area contributed by atoms with Crippen LogP contribution in [0.1, 0.15) is 35.2 Å². The smallest absolute Gasteiger partial charge is 0.323 e. The van der Waals surface area contributed by atoms with Crippen LogP contribution >= 0.6 is 0 Å². The molecule has 2 amide bonds. The maximum absolute atomic E-state index is 13.4. The average molecular weight is 537 g/mol. The number of urea groups is 1. The summed E-state index contributed by atoms with van der Waals surface area (Å²) < 4.78 is 13.9. The molecule has 40 heavy (non-hydrogen) atoms. The first kappa shape index (κ1) is 24.3. The van der Waals surface area contributed by atoms with Gasteiger partial charge in [0.2, 0.25) is 5.78 Å². The number of nitrogens with zero attached hydrogens (tertiary/aromatic N) is 4. The van der Waals surface area contributed by atoms with E-state index in [-0.39, 0.29) is 11.5 Å². The zero-order valence-electron chi connectivity index (χ0n) is 22.0. The lowest BCUT2D eigenvalue weighted by Gasteiger charge is -2.47. The summed E-state index contributed by atoms with van der Waals surface area (Å²) in [5, 5.41) is 6.48. The van der Waals surface area contributed by atoms with Gasteiger partial charge in [-0.2, -0.15) is 0 Å². The van der Waals surface area contributed by atoms with E-state index in [9.17, 15) is 9.59 Å². The number of allylic oxidation sites excluding steroid dienone is 1. The average Bonchev–Trinajstić information content (AvgIpc) is 3.44. The minimum absolute atomic E-state index is 0.233. The Balaban J connectivity index is 1.18. The molecule has 2 saturated heterocycles. The van der Waals surface area contributed by atoms with Gasteiger partial charge in [-0.1, -0.05) is 0 Å². The van der Waals surface area contributed by atoms with E-state index in [1.54, 1.807) is 48.8 Å². The largest absolute Gasteiger partial charge is 0.452 e. The molecule has 3 aromatic heterocycles. The highest BCUT2D eigenvalue weighted by Crippen LogP contribution is 2.40. The number of carbonyl (C=O) groups is 2. The van der Waals surface area contributed by atoms with Crippen molar-refractivity contribution >= 4 is 46.0 Å². The van der Waals surface area contributed by atoms with Crippen LogP contribution in [0.25, 0.3) is 17.1 Å². The molecule has 0 spiro atoms. The van der Waals surface area contributed by atoms with E-state index in [1.165, 1.54) is 6.42 Å². The fourth-order valence-corrected chi connectivity index (χ4v) is 6.01. The Morgan fingerprint density at radius 2 is 1.90 bits per heavy atom. The Morgan fingerprint density at radius 3 is 2.70 bits per heavy atom.